The van der Waals surface area contributed by atoms with Crippen LogP contribution >= 0.6 is 0 Å². The number of hydrogen-bond donors (Lipinski definition) is 2. The van der Waals surface area contributed by atoms with Gasteiger partial charge < -0.3 is 53.3 Å². The van der Waals surface area contributed by atoms with Gasteiger partial charge in [-0.3, -0.25) is 29.3 Å². The van der Waals surface area contributed by atoms with Gasteiger partial charge in [-0.2, -0.15) is 0 Å². The number of aromatic nitrogens is 3. The lowest BCUT2D eigenvalue weighted by atomic mass is 9.73. The molecule has 3 aromatic rings. The number of hydrogen-bond acceptors (Lipinski definition) is 18. The molecule has 19 nitrogen and oxygen atoms in total. The third-order valence-corrected chi connectivity index (χ3v) is 14.3. The SMILES string of the molecule is CC[C@H]1OC(=O)[C@H](C)[C@@H](OC(=O)Cc2ccccn2)[C@H](C)[C@@H](O[C@@H]2O[C@H](C)C[C@H](N(C)C)[C@H]2O)[C@](C)(OC)C[C@@H](C)/C(=N\OCCCc2cncc(NC(=O)Cc3ccccn3)c2)[C@H](C)[C@H]2OC(=O)O[C@@]21C. The van der Waals surface area contributed by atoms with E-state index in [2.05, 4.69) is 20.3 Å². The third kappa shape index (κ3) is 13.7. The van der Waals surface area contributed by atoms with E-state index in [0.717, 1.165) is 5.56 Å². The van der Waals surface area contributed by atoms with Gasteiger partial charge in [0.2, 0.25) is 5.91 Å². The van der Waals surface area contributed by atoms with Gasteiger partial charge in [-0.25, -0.2) is 4.79 Å². The summed E-state index contributed by atoms with van der Waals surface area (Å²) < 4.78 is 44.4. The fourth-order valence-corrected chi connectivity index (χ4v) is 10.5. The Bertz CT molecular complexity index is 2310. The minimum Gasteiger partial charge on any atom is -0.461 e. The number of likely N-dealkylation sites (N-methyl/N-ethyl adjacent to an activating group) is 1. The molecule has 0 spiro atoms. The Labute approximate surface area is 423 Å². The molecule has 19 heteroatoms. The van der Waals surface area contributed by atoms with Crippen molar-refractivity contribution < 1.29 is 62.3 Å². The number of aryl methyl sites for hydroxylation is 1. The van der Waals surface area contributed by atoms with Gasteiger partial charge in [-0.15, -0.1) is 0 Å². The second-order valence-electron chi connectivity index (χ2n) is 20.1. The molecule has 1 amide bonds. The molecule has 14 atom stereocenters. The Morgan fingerprint density at radius 2 is 1.65 bits per heavy atom. The Balaban J connectivity index is 1.34. The minimum absolute atomic E-state index is 0.124. The van der Waals surface area contributed by atoms with E-state index < -0.39 is 89.8 Å². The summed E-state index contributed by atoms with van der Waals surface area (Å²) in [5, 5.41) is 19.5. The van der Waals surface area contributed by atoms with Crippen molar-refractivity contribution in [2.75, 3.05) is 33.1 Å². The van der Waals surface area contributed by atoms with Crippen LogP contribution in [-0.2, 0) is 71.6 Å². The molecule has 0 bridgehead atoms. The Morgan fingerprint density at radius 1 is 0.958 bits per heavy atom. The molecular formula is C53H74N6O13. The Kier molecular flexibility index (Phi) is 19.3. The van der Waals surface area contributed by atoms with Gasteiger partial charge in [0.05, 0.1) is 59.9 Å². The van der Waals surface area contributed by atoms with Crippen LogP contribution in [0.25, 0.3) is 0 Å². The Morgan fingerprint density at radius 3 is 2.29 bits per heavy atom. The normalized spacial score (nSPS) is 32.9. The van der Waals surface area contributed by atoms with E-state index in [4.69, 9.17) is 43.2 Å². The highest BCUT2D eigenvalue weighted by atomic mass is 16.8. The Hall–Kier alpha value is -5.60. The maximum absolute atomic E-state index is 14.6. The van der Waals surface area contributed by atoms with E-state index in [-0.39, 0.29) is 50.3 Å². The smallest absolute Gasteiger partial charge is 0.461 e. The first-order valence-corrected chi connectivity index (χ1v) is 25.0. The summed E-state index contributed by atoms with van der Waals surface area (Å²) in [6.07, 6.45) is 0.821. The van der Waals surface area contributed by atoms with Crippen molar-refractivity contribution in [3.05, 3.63) is 84.2 Å². The van der Waals surface area contributed by atoms with Crippen LogP contribution in [0, 0.1) is 23.7 Å². The first-order chi connectivity index (χ1) is 34.3. The number of amides is 1. The molecule has 0 aliphatic carbocycles. The van der Waals surface area contributed by atoms with Crippen LogP contribution in [0.15, 0.2) is 72.4 Å². The number of nitrogens with zero attached hydrogens (tertiary/aromatic N) is 5. The quantitative estimate of drug-likeness (QED) is 0.0695. The summed E-state index contributed by atoms with van der Waals surface area (Å²) in [6, 6.07) is 12.2. The largest absolute Gasteiger partial charge is 0.509 e. The van der Waals surface area contributed by atoms with Gasteiger partial charge in [-0.1, -0.05) is 45.0 Å². The lowest BCUT2D eigenvalue weighted by molar-refractivity contribution is -0.301. The molecule has 0 radical (unpaired) electrons. The summed E-state index contributed by atoms with van der Waals surface area (Å²) in [7, 11) is 5.31. The van der Waals surface area contributed by atoms with Crippen molar-refractivity contribution in [2.45, 2.75) is 160 Å². The van der Waals surface area contributed by atoms with Crippen molar-refractivity contribution in [3.63, 3.8) is 0 Å². The highest BCUT2D eigenvalue weighted by molar-refractivity contribution is 5.92. The van der Waals surface area contributed by atoms with Crippen LogP contribution in [-0.4, -0.2) is 143 Å². The number of aliphatic hydroxyl groups is 1. The lowest BCUT2D eigenvalue weighted by Gasteiger charge is -2.48. The number of carbonyl (C=O) groups is 4. The maximum Gasteiger partial charge on any atom is 0.509 e. The zero-order valence-electron chi connectivity index (χ0n) is 43.5. The summed E-state index contributed by atoms with van der Waals surface area (Å²) in [5.74, 6) is -4.64. The van der Waals surface area contributed by atoms with E-state index in [9.17, 15) is 24.3 Å². The molecule has 6 heterocycles. The number of rotatable bonds is 16. The zero-order valence-corrected chi connectivity index (χ0v) is 43.5. The predicted molar refractivity (Wildman–Crippen MR) is 264 cm³/mol. The van der Waals surface area contributed by atoms with Crippen molar-refractivity contribution >= 4 is 35.4 Å². The number of nitrogens with one attached hydrogen (secondary N) is 1. The first-order valence-electron chi connectivity index (χ1n) is 25.0. The topological polar surface area (TPSA) is 229 Å². The van der Waals surface area contributed by atoms with E-state index in [1.807, 2.05) is 72.7 Å². The fraction of sp³-hybridized carbons (Fsp3) is 0.623. The molecule has 0 aromatic carbocycles. The molecule has 3 saturated heterocycles. The van der Waals surface area contributed by atoms with Crippen molar-refractivity contribution in [3.8, 4) is 0 Å². The number of carbonyl (C=O) groups excluding carboxylic acids is 4. The zero-order chi connectivity index (χ0) is 52.3. The lowest BCUT2D eigenvalue weighted by Crippen LogP contribution is -2.60. The van der Waals surface area contributed by atoms with Crippen LogP contribution < -0.4 is 5.32 Å². The number of anilines is 1. The van der Waals surface area contributed by atoms with E-state index in [1.165, 1.54) is 0 Å². The van der Waals surface area contributed by atoms with Crippen molar-refractivity contribution in [2.24, 2.45) is 28.8 Å². The number of oxime groups is 1. The molecule has 3 aromatic heterocycles. The highest BCUT2D eigenvalue weighted by Gasteiger charge is 2.59. The number of esters is 2. The van der Waals surface area contributed by atoms with Gasteiger partial charge in [0.25, 0.3) is 0 Å². The molecule has 72 heavy (non-hydrogen) atoms. The summed E-state index contributed by atoms with van der Waals surface area (Å²) in [5.41, 5.74) is 0.285. The summed E-state index contributed by atoms with van der Waals surface area (Å²) >= 11 is 0. The van der Waals surface area contributed by atoms with E-state index in [0.29, 0.717) is 42.0 Å². The standard InChI is InChI=1S/C53H74N6O13/c1-12-41-53(8)48(71-51(64)72-53)33(4)44(58-66-23-17-18-36-25-39(30-54-29-36)57-42(60)26-37-19-13-15-21-55-37)31(2)28-52(7,65-11)47(70-50-45(62)40(59(9)10)24-32(3)67-50)34(5)46(35(6)49(63)68-41)69-43(61)27-38-20-14-16-22-56-38/h13-16,19-22,25,29-35,40-41,45-48,50,62H,12,17-18,23-24,26-28H2,1-11H3,(H,57,60)/b58-44+/t31-,32-,33+,34+,35-,40+,41-,45-,46+,47-,48-,50+,52-,53-/m1/s1. The average Bonchev–Trinajstić information content (AvgIpc) is 3.66. The van der Waals surface area contributed by atoms with Crippen LogP contribution in [0.5, 0.6) is 0 Å². The predicted octanol–water partition coefficient (Wildman–Crippen LogP) is 6.29. The summed E-state index contributed by atoms with van der Waals surface area (Å²) in [4.78, 5) is 75.5. The highest BCUT2D eigenvalue weighted by Crippen LogP contribution is 2.43. The molecule has 394 valence electrons. The third-order valence-electron chi connectivity index (χ3n) is 14.3. The van der Waals surface area contributed by atoms with Gasteiger partial charge in [-0.05, 0) is 110 Å². The second kappa shape index (κ2) is 24.9. The number of pyridine rings is 3. The van der Waals surface area contributed by atoms with E-state index >= 15 is 0 Å². The fourth-order valence-electron chi connectivity index (χ4n) is 10.5. The molecule has 3 fully saturated rings. The molecule has 0 unspecified atom stereocenters. The summed E-state index contributed by atoms with van der Waals surface area (Å²) in [6.45, 7) is 14.7. The minimum atomic E-state index is -1.49. The molecule has 3 aliphatic rings. The van der Waals surface area contributed by atoms with Gasteiger partial charge >= 0.3 is 18.1 Å². The molecule has 0 saturated carbocycles. The van der Waals surface area contributed by atoms with Crippen LogP contribution in [0.2, 0.25) is 0 Å². The van der Waals surface area contributed by atoms with E-state index in [1.54, 1.807) is 76.1 Å². The molecule has 3 aliphatic heterocycles. The second-order valence-corrected chi connectivity index (χ2v) is 20.1. The first kappa shape index (κ1) is 55.7. The van der Waals surface area contributed by atoms with Crippen LogP contribution in [0.1, 0.15) is 98.0 Å². The van der Waals surface area contributed by atoms with Crippen molar-refractivity contribution in [1.82, 2.24) is 19.9 Å². The number of ether oxygens (including phenoxy) is 7. The average molecular weight is 1000 g/mol. The maximum atomic E-state index is 14.6. The van der Waals surface area contributed by atoms with Crippen LogP contribution in [0.4, 0.5) is 10.5 Å². The number of aliphatic hydroxyl groups excluding tert-OH is 1. The number of methoxy groups -OCH3 is 1. The van der Waals surface area contributed by atoms with Gasteiger partial charge in [0, 0.05) is 55.2 Å². The van der Waals surface area contributed by atoms with Crippen LogP contribution in [0.3, 0.4) is 0 Å². The monoisotopic (exact) mass is 1000 g/mol. The van der Waals surface area contributed by atoms with Crippen molar-refractivity contribution in [1.29, 1.82) is 0 Å². The van der Waals surface area contributed by atoms with Gasteiger partial charge in [0.1, 0.15) is 24.9 Å². The number of cyclic esters (lactones) is 1. The van der Waals surface area contributed by atoms with Gasteiger partial charge in [0.15, 0.2) is 18.0 Å². The molecule has 2 N–H and O–H groups in total. The molecule has 6 rings (SSSR count). The number of fused-ring (bicyclic) bond motifs is 1. The molecular weight excluding hydrogens is 929 g/mol.